The molecule has 118 valence electrons. The molecule has 1 aliphatic carbocycles. The second-order valence-corrected chi connectivity index (χ2v) is 6.65. The average molecular weight is 291 g/mol. The van der Waals surface area contributed by atoms with Crippen molar-refractivity contribution < 1.29 is 4.42 Å². The Morgan fingerprint density at radius 2 is 2.10 bits per heavy atom. The van der Waals surface area contributed by atoms with Gasteiger partial charge in [-0.1, -0.05) is 26.7 Å². The molecule has 0 aliphatic heterocycles. The molecule has 4 heteroatoms. The quantitative estimate of drug-likeness (QED) is 0.625. The third kappa shape index (κ3) is 4.80. The molecule has 0 unspecified atom stereocenters. The van der Waals surface area contributed by atoms with Gasteiger partial charge in [0.05, 0.1) is 6.26 Å². The summed E-state index contributed by atoms with van der Waals surface area (Å²) in [5, 5.41) is 6.82. The molecule has 1 saturated carbocycles. The number of guanidine groups is 1. The summed E-state index contributed by atoms with van der Waals surface area (Å²) in [5.74, 6) is 2.73. The predicted molar refractivity (Wildman–Crippen MR) is 87.5 cm³/mol. The lowest BCUT2D eigenvalue weighted by atomic mass is 9.78. The van der Waals surface area contributed by atoms with Crippen LogP contribution < -0.4 is 10.6 Å². The Morgan fingerprint density at radius 1 is 1.33 bits per heavy atom. The maximum atomic E-state index is 5.33. The van der Waals surface area contributed by atoms with E-state index in [1.165, 1.54) is 25.7 Å². The maximum Gasteiger partial charge on any atom is 0.191 e. The minimum absolute atomic E-state index is 0.329. The summed E-state index contributed by atoms with van der Waals surface area (Å²) < 4.78 is 5.33. The molecule has 0 aromatic carbocycles. The van der Waals surface area contributed by atoms with Gasteiger partial charge >= 0.3 is 0 Å². The molecular formula is C17H29N3O. The number of nitrogens with zero attached hydrogens (tertiary/aromatic N) is 1. The topological polar surface area (TPSA) is 49.6 Å². The summed E-state index contributed by atoms with van der Waals surface area (Å²) in [7, 11) is 1.82. The smallest absolute Gasteiger partial charge is 0.191 e. The summed E-state index contributed by atoms with van der Waals surface area (Å²) in [6.45, 7) is 6.54. The average Bonchev–Trinajstić information content (AvgIpc) is 3.15. The molecule has 0 radical (unpaired) electrons. The highest BCUT2D eigenvalue weighted by Gasteiger charge is 2.31. The van der Waals surface area contributed by atoms with E-state index in [9.17, 15) is 0 Å². The largest absolute Gasteiger partial charge is 0.469 e. The van der Waals surface area contributed by atoms with E-state index in [0.717, 1.165) is 37.1 Å². The third-order valence-electron chi connectivity index (χ3n) is 4.64. The van der Waals surface area contributed by atoms with E-state index in [2.05, 4.69) is 29.5 Å². The van der Waals surface area contributed by atoms with Gasteiger partial charge in [0.25, 0.3) is 0 Å². The van der Waals surface area contributed by atoms with Crippen LogP contribution in [-0.2, 0) is 6.42 Å². The summed E-state index contributed by atoms with van der Waals surface area (Å²) in [5.41, 5.74) is 0.329. The van der Waals surface area contributed by atoms with Crippen molar-refractivity contribution >= 4 is 5.96 Å². The van der Waals surface area contributed by atoms with Crippen molar-refractivity contribution in [2.24, 2.45) is 16.3 Å². The zero-order valence-corrected chi connectivity index (χ0v) is 13.6. The number of furan rings is 1. The van der Waals surface area contributed by atoms with Crippen LogP contribution in [0.5, 0.6) is 0 Å². The minimum atomic E-state index is 0.329. The van der Waals surface area contributed by atoms with Gasteiger partial charge in [0, 0.05) is 26.6 Å². The van der Waals surface area contributed by atoms with Crippen LogP contribution >= 0.6 is 0 Å². The minimum Gasteiger partial charge on any atom is -0.469 e. The van der Waals surface area contributed by atoms with Crippen LogP contribution in [0.1, 0.15) is 45.3 Å². The van der Waals surface area contributed by atoms with Crippen molar-refractivity contribution in [3.05, 3.63) is 24.2 Å². The van der Waals surface area contributed by atoms with E-state index < -0.39 is 0 Å². The highest BCUT2D eigenvalue weighted by atomic mass is 16.3. The molecule has 1 aromatic heterocycles. The van der Waals surface area contributed by atoms with E-state index in [1.807, 2.05) is 19.2 Å². The molecule has 1 heterocycles. The Bertz CT molecular complexity index is 431. The van der Waals surface area contributed by atoms with Crippen molar-refractivity contribution in [1.29, 1.82) is 0 Å². The molecule has 2 N–H and O–H groups in total. The van der Waals surface area contributed by atoms with E-state index in [-0.39, 0.29) is 0 Å². The predicted octanol–water partition coefficient (Wildman–Crippen LogP) is 3.20. The number of hydrogen-bond donors (Lipinski definition) is 2. The first-order valence-corrected chi connectivity index (χ1v) is 8.09. The van der Waals surface area contributed by atoms with Gasteiger partial charge in [0.2, 0.25) is 0 Å². The summed E-state index contributed by atoms with van der Waals surface area (Å²) in [4.78, 5) is 4.30. The van der Waals surface area contributed by atoms with E-state index in [4.69, 9.17) is 4.42 Å². The Hall–Kier alpha value is -1.45. The molecular weight excluding hydrogens is 262 g/mol. The fraction of sp³-hybridized carbons (Fsp3) is 0.706. The van der Waals surface area contributed by atoms with Crippen LogP contribution in [0.2, 0.25) is 0 Å². The third-order valence-corrected chi connectivity index (χ3v) is 4.64. The number of nitrogens with one attached hydrogen (secondary N) is 2. The number of rotatable bonds is 6. The van der Waals surface area contributed by atoms with Crippen LogP contribution in [0.3, 0.4) is 0 Å². The maximum absolute atomic E-state index is 5.33. The van der Waals surface area contributed by atoms with Gasteiger partial charge in [0.15, 0.2) is 5.96 Å². The standard InChI is InChI=1S/C17H29N3O/c1-17(2,14-7-4-5-8-14)13-20-16(18-3)19-11-10-15-9-6-12-21-15/h6,9,12,14H,4-5,7-8,10-11,13H2,1-3H3,(H2,18,19,20). The van der Waals surface area contributed by atoms with Crippen molar-refractivity contribution in [3.8, 4) is 0 Å². The van der Waals surface area contributed by atoms with Gasteiger partial charge in [-0.05, 0) is 36.3 Å². The molecule has 0 bridgehead atoms. The fourth-order valence-corrected chi connectivity index (χ4v) is 3.14. The van der Waals surface area contributed by atoms with E-state index in [0.29, 0.717) is 5.41 Å². The van der Waals surface area contributed by atoms with Crippen molar-refractivity contribution in [2.75, 3.05) is 20.1 Å². The summed E-state index contributed by atoms with van der Waals surface area (Å²) in [6, 6.07) is 3.92. The first-order chi connectivity index (χ1) is 10.1. The van der Waals surface area contributed by atoms with Gasteiger partial charge in [-0.15, -0.1) is 0 Å². The normalized spacial score (nSPS) is 17.2. The Kier molecular flexibility index (Phi) is 5.71. The van der Waals surface area contributed by atoms with E-state index in [1.54, 1.807) is 6.26 Å². The van der Waals surface area contributed by atoms with Gasteiger partial charge in [-0.2, -0.15) is 0 Å². The molecule has 0 atom stereocenters. The van der Waals surface area contributed by atoms with Gasteiger partial charge in [-0.25, -0.2) is 0 Å². The number of hydrogen-bond acceptors (Lipinski definition) is 2. The molecule has 0 spiro atoms. The Labute approximate surface area is 128 Å². The second-order valence-electron chi connectivity index (χ2n) is 6.65. The summed E-state index contributed by atoms with van der Waals surface area (Å²) >= 11 is 0. The Morgan fingerprint density at radius 3 is 2.71 bits per heavy atom. The molecule has 0 saturated heterocycles. The highest BCUT2D eigenvalue weighted by molar-refractivity contribution is 5.79. The molecule has 2 rings (SSSR count). The van der Waals surface area contributed by atoms with Crippen LogP contribution in [0.4, 0.5) is 0 Å². The monoisotopic (exact) mass is 291 g/mol. The van der Waals surface area contributed by atoms with Gasteiger partial charge in [0.1, 0.15) is 5.76 Å². The first-order valence-electron chi connectivity index (χ1n) is 8.09. The first kappa shape index (κ1) is 15.9. The van der Waals surface area contributed by atoms with Gasteiger partial charge in [-0.3, -0.25) is 4.99 Å². The Balaban J connectivity index is 1.71. The lowest BCUT2D eigenvalue weighted by molar-refractivity contribution is 0.218. The van der Waals surface area contributed by atoms with Gasteiger partial charge < -0.3 is 15.1 Å². The van der Waals surface area contributed by atoms with Crippen LogP contribution in [0.15, 0.2) is 27.8 Å². The van der Waals surface area contributed by atoms with Crippen molar-refractivity contribution in [1.82, 2.24) is 10.6 Å². The van der Waals surface area contributed by atoms with Crippen molar-refractivity contribution in [2.45, 2.75) is 46.0 Å². The molecule has 0 amide bonds. The second kappa shape index (κ2) is 7.53. The zero-order valence-electron chi connectivity index (χ0n) is 13.6. The fourth-order valence-electron chi connectivity index (χ4n) is 3.14. The molecule has 1 aromatic rings. The van der Waals surface area contributed by atoms with Crippen LogP contribution in [-0.4, -0.2) is 26.1 Å². The zero-order chi connectivity index (χ0) is 15.1. The molecule has 21 heavy (non-hydrogen) atoms. The number of aliphatic imine (C=N–C) groups is 1. The molecule has 1 fully saturated rings. The highest BCUT2D eigenvalue weighted by Crippen LogP contribution is 2.38. The van der Waals surface area contributed by atoms with Crippen LogP contribution in [0, 0.1) is 11.3 Å². The molecule has 1 aliphatic rings. The molecule has 4 nitrogen and oxygen atoms in total. The lowest BCUT2D eigenvalue weighted by Crippen LogP contribution is -2.44. The summed E-state index contributed by atoms with van der Waals surface area (Å²) in [6.07, 6.45) is 8.12. The lowest BCUT2D eigenvalue weighted by Gasteiger charge is -2.32. The van der Waals surface area contributed by atoms with Crippen molar-refractivity contribution in [3.63, 3.8) is 0 Å². The SMILES string of the molecule is CN=C(NCCc1ccco1)NCC(C)(C)C1CCCC1. The van der Waals surface area contributed by atoms with E-state index >= 15 is 0 Å². The van der Waals surface area contributed by atoms with Crippen LogP contribution in [0.25, 0.3) is 0 Å².